The molecule has 0 saturated heterocycles. The molecule has 86 valence electrons. The molecular formula is C13H25N2+. The van der Waals surface area contributed by atoms with Gasteiger partial charge >= 0.3 is 0 Å². The molecule has 0 aromatic carbocycles. The second kappa shape index (κ2) is 6.65. The Labute approximate surface area is 93.9 Å². The van der Waals surface area contributed by atoms with E-state index in [1.807, 2.05) is 0 Å². The summed E-state index contributed by atoms with van der Waals surface area (Å²) in [6.07, 6.45) is 10.7. The highest BCUT2D eigenvalue weighted by molar-refractivity contribution is 4.84. The number of unbranched alkanes of at least 4 members (excludes halogenated alkanes) is 1. The fraction of sp³-hybridized carbons (Fsp3) is 0.769. The molecule has 1 aromatic heterocycles. The normalized spacial score (nSPS) is 10.9. The van der Waals surface area contributed by atoms with Crippen LogP contribution < -0.4 is 4.57 Å². The van der Waals surface area contributed by atoms with Crippen LogP contribution in [-0.4, -0.2) is 4.57 Å². The molecule has 0 bridgehead atoms. The lowest BCUT2D eigenvalue weighted by atomic mass is 10.2. The minimum absolute atomic E-state index is 1.16. The Kier molecular flexibility index (Phi) is 5.44. The van der Waals surface area contributed by atoms with Gasteiger partial charge in [0.2, 0.25) is 0 Å². The molecule has 1 aromatic rings. The predicted octanol–water partition coefficient (Wildman–Crippen LogP) is 2.94. The van der Waals surface area contributed by atoms with Crippen LogP contribution in [0.25, 0.3) is 0 Å². The lowest BCUT2D eigenvalue weighted by Gasteiger charge is -2.03. The van der Waals surface area contributed by atoms with Crippen LogP contribution in [0.15, 0.2) is 12.4 Å². The van der Waals surface area contributed by atoms with Gasteiger partial charge in [-0.3, -0.25) is 0 Å². The fourth-order valence-electron chi connectivity index (χ4n) is 2.01. The van der Waals surface area contributed by atoms with Gasteiger partial charge in [-0.05, 0) is 19.3 Å². The lowest BCUT2D eigenvalue weighted by Crippen LogP contribution is -2.37. The Bertz CT molecular complexity index is 253. The Morgan fingerprint density at radius 3 is 2.53 bits per heavy atom. The average molecular weight is 209 g/mol. The third-order valence-electron chi connectivity index (χ3n) is 2.77. The van der Waals surface area contributed by atoms with Crippen molar-refractivity contribution in [3.05, 3.63) is 18.2 Å². The van der Waals surface area contributed by atoms with E-state index in [-0.39, 0.29) is 0 Å². The minimum Gasteiger partial charge on any atom is -0.234 e. The van der Waals surface area contributed by atoms with E-state index in [2.05, 4.69) is 42.3 Å². The van der Waals surface area contributed by atoms with Gasteiger partial charge in [0.1, 0.15) is 12.4 Å². The highest BCUT2D eigenvalue weighted by Crippen LogP contribution is 2.03. The fourth-order valence-corrected chi connectivity index (χ4v) is 2.01. The minimum atomic E-state index is 1.16. The largest absolute Gasteiger partial charge is 0.256 e. The van der Waals surface area contributed by atoms with Gasteiger partial charge in [-0.25, -0.2) is 9.13 Å². The van der Waals surface area contributed by atoms with Gasteiger partial charge in [0.25, 0.3) is 5.82 Å². The molecule has 0 unspecified atom stereocenters. The summed E-state index contributed by atoms with van der Waals surface area (Å²) in [7, 11) is 0. The van der Waals surface area contributed by atoms with Crippen molar-refractivity contribution in [2.75, 3.05) is 0 Å². The lowest BCUT2D eigenvalue weighted by molar-refractivity contribution is -0.703. The van der Waals surface area contributed by atoms with E-state index in [0.29, 0.717) is 0 Å². The smallest absolute Gasteiger partial charge is 0.234 e. The molecule has 0 aliphatic rings. The highest BCUT2D eigenvalue weighted by atomic mass is 15.1. The number of aryl methyl sites for hydroxylation is 2. The third-order valence-corrected chi connectivity index (χ3v) is 2.77. The average Bonchev–Trinajstić information content (AvgIpc) is 2.60. The summed E-state index contributed by atoms with van der Waals surface area (Å²) in [4.78, 5) is 0. The number of aromatic nitrogens is 2. The number of imidazole rings is 1. The van der Waals surface area contributed by atoms with E-state index in [9.17, 15) is 0 Å². The van der Waals surface area contributed by atoms with Crippen LogP contribution in [0.3, 0.4) is 0 Å². The SMILES string of the molecule is CCCCc1n(CCC)cc[n+]1CCC. The van der Waals surface area contributed by atoms with Gasteiger partial charge < -0.3 is 0 Å². The quantitative estimate of drug-likeness (QED) is 0.611. The van der Waals surface area contributed by atoms with Crippen molar-refractivity contribution in [2.45, 2.75) is 66.0 Å². The van der Waals surface area contributed by atoms with Crippen molar-refractivity contribution < 1.29 is 4.57 Å². The monoisotopic (exact) mass is 209 g/mol. The first-order chi connectivity index (χ1) is 7.33. The summed E-state index contributed by atoms with van der Waals surface area (Å²) in [6, 6.07) is 0. The van der Waals surface area contributed by atoms with Gasteiger partial charge in [0, 0.05) is 6.42 Å². The summed E-state index contributed by atoms with van der Waals surface area (Å²) in [5, 5.41) is 0. The van der Waals surface area contributed by atoms with E-state index < -0.39 is 0 Å². The second-order valence-corrected chi connectivity index (χ2v) is 4.20. The van der Waals surface area contributed by atoms with Crippen molar-refractivity contribution >= 4 is 0 Å². The van der Waals surface area contributed by atoms with Crippen LogP contribution in [0.2, 0.25) is 0 Å². The summed E-state index contributed by atoms with van der Waals surface area (Å²) >= 11 is 0. The number of hydrogen-bond acceptors (Lipinski definition) is 0. The van der Waals surface area contributed by atoms with Crippen molar-refractivity contribution in [3.8, 4) is 0 Å². The van der Waals surface area contributed by atoms with Gasteiger partial charge in [0.05, 0.1) is 13.1 Å². The molecule has 1 heterocycles. The van der Waals surface area contributed by atoms with Gasteiger partial charge in [-0.15, -0.1) is 0 Å². The molecule has 2 heteroatoms. The standard InChI is InChI=1S/C13H25N2/c1-4-7-8-13-14(9-5-2)11-12-15(13)10-6-3/h11-12H,4-10H2,1-3H3/q+1. The molecule has 2 nitrogen and oxygen atoms in total. The summed E-state index contributed by atoms with van der Waals surface area (Å²) in [5.74, 6) is 1.51. The van der Waals surface area contributed by atoms with E-state index >= 15 is 0 Å². The number of hydrogen-bond donors (Lipinski definition) is 0. The van der Waals surface area contributed by atoms with E-state index in [1.165, 1.54) is 37.9 Å². The molecule has 0 N–H and O–H groups in total. The molecule has 1 rings (SSSR count). The molecule has 0 radical (unpaired) electrons. The van der Waals surface area contributed by atoms with Gasteiger partial charge in [-0.1, -0.05) is 27.2 Å². The molecule has 0 atom stereocenters. The number of nitrogens with zero attached hydrogens (tertiary/aromatic N) is 2. The maximum absolute atomic E-state index is 2.42. The Morgan fingerprint density at radius 1 is 1.13 bits per heavy atom. The van der Waals surface area contributed by atoms with Crippen molar-refractivity contribution in [1.29, 1.82) is 0 Å². The zero-order valence-corrected chi connectivity index (χ0v) is 10.5. The first-order valence-corrected chi connectivity index (χ1v) is 6.40. The maximum Gasteiger partial charge on any atom is 0.256 e. The van der Waals surface area contributed by atoms with Crippen LogP contribution in [0.1, 0.15) is 52.3 Å². The molecule has 0 saturated carbocycles. The maximum atomic E-state index is 2.42. The zero-order valence-electron chi connectivity index (χ0n) is 10.5. The predicted molar refractivity (Wildman–Crippen MR) is 63.8 cm³/mol. The molecule has 0 spiro atoms. The van der Waals surface area contributed by atoms with Crippen LogP contribution in [-0.2, 0) is 19.5 Å². The van der Waals surface area contributed by atoms with Gasteiger partial charge in [-0.2, -0.15) is 0 Å². The molecule has 15 heavy (non-hydrogen) atoms. The van der Waals surface area contributed by atoms with Crippen LogP contribution in [0.5, 0.6) is 0 Å². The van der Waals surface area contributed by atoms with Crippen LogP contribution in [0.4, 0.5) is 0 Å². The van der Waals surface area contributed by atoms with Crippen LogP contribution in [0, 0.1) is 0 Å². The summed E-state index contributed by atoms with van der Waals surface area (Å²) in [6.45, 7) is 9.07. The molecule has 0 amide bonds. The Morgan fingerprint density at radius 2 is 1.93 bits per heavy atom. The van der Waals surface area contributed by atoms with Crippen molar-refractivity contribution in [2.24, 2.45) is 0 Å². The third kappa shape index (κ3) is 3.37. The zero-order chi connectivity index (χ0) is 11.1. The highest BCUT2D eigenvalue weighted by Gasteiger charge is 2.14. The Hall–Kier alpha value is -0.790. The summed E-state index contributed by atoms with van der Waals surface area (Å²) in [5.41, 5.74) is 0. The first kappa shape index (κ1) is 12.3. The first-order valence-electron chi connectivity index (χ1n) is 6.40. The van der Waals surface area contributed by atoms with Crippen LogP contribution >= 0.6 is 0 Å². The Balaban J connectivity index is 2.76. The molecule has 0 aliphatic carbocycles. The molecular weight excluding hydrogens is 184 g/mol. The number of rotatable bonds is 7. The van der Waals surface area contributed by atoms with Crippen molar-refractivity contribution in [1.82, 2.24) is 4.57 Å². The van der Waals surface area contributed by atoms with Gasteiger partial charge in [0.15, 0.2) is 0 Å². The second-order valence-electron chi connectivity index (χ2n) is 4.20. The topological polar surface area (TPSA) is 8.81 Å². The molecule has 0 fully saturated rings. The van der Waals surface area contributed by atoms with Crippen molar-refractivity contribution in [3.63, 3.8) is 0 Å². The van der Waals surface area contributed by atoms with E-state index in [1.54, 1.807) is 0 Å². The molecule has 0 aliphatic heterocycles. The van der Waals surface area contributed by atoms with E-state index in [0.717, 1.165) is 13.1 Å². The summed E-state index contributed by atoms with van der Waals surface area (Å²) < 4.78 is 4.84. The van der Waals surface area contributed by atoms with E-state index in [4.69, 9.17) is 0 Å².